The Hall–Kier alpha value is -2.63. The maximum absolute atomic E-state index is 11.0. The molecular weight excluding hydrogens is 270 g/mol. The lowest BCUT2D eigenvalue weighted by Gasteiger charge is -2.14. The zero-order valence-corrected chi connectivity index (χ0v) is 11.9. The van der Waals surface area contributed by atoms with E-state index in [-0.39, 0.29) is 16.7 Å². The summed E-state index contributed by atoms with van der Waals surface area (Å²) in [7, 11) is 0. The van der Waals surface area contributed by atoms with Crippen molar-refractivity contribution in [3.05, 3.63) is 58.3 Å². The van der Waals surface area contributed by atoms with E-state index in [1.54, 1.807) is 30.5 Å². The maximum Gasteiger partial charge on any atom is 0.274 e. The fraction of sp³-hybridized carbons (Fsp3) is 0.267. The van der Waals surface area contributed by atoms with Gasteiger partial charge in [-0.1, -0.05) is 18.2 Å². The Morgan fingerprint density at radius 2 is 2.05 bits per heavy atom. The molecule has 0 spiro atoms. The molecule has 0 radical (unpaired) electrons. The van der Waals surface area contributed by atoms with E-state index in [2.05, 4.69) is 10.3 Å². The minimum Gasteiger partial charge on any atom is -0.473 e. The van der Waals surface area contributed by atoms with Crippen LogP contribution in [0.5, 0.6) is 5.88 Å². The summed E-state index contributed by atoms with van der Waals surface area (Å²) in [6.07, 6.45) is 1.65. The van der Waals surface area contributed by atoms with Crippen molar-refractivity contribution in [2.75, 3.05) is 5.32 Å². The van der Waals surface area contributed by atoms with Gasteiger partial charge in [-0.25, -0.2) is 4.98 Å². The molecule has 0 saturated heterocycles. The largest absolute Gasteiger partial charge is 0.473 e. The summed E-state index contributed by atoms with van der Waals surface area (Å²) in [5.74, 6) is 0.492. The van der Waals surface area contributed by atoms with Crippen LogP contribution in [0.1, 0.15) is 19.4 Å². The van der Waals surface area contributed by atoms with Crippen molar-refractivity contribution in [3.8, 4) is 5.88 Å². The molecule has 1 heterocycles. The van der Waals surface area contributed by atoms with Crippen molar-refractivity contribution in [2.24, 2.45) is 0 Å². The van der Waals surface area contributed by atoms with Crippen LogP contribution in [0, 0.1) is 10.1 Å². The van der Waals surface area contributed by atoms with Crippen LogP contribution in [-0.2, 0) is 6.54 Å². The van der Waals surface area contributed by atoms with E-state index in [4.69, 9.17) is 4.74 Å². The van der Waals surface area contributed by atoms with Crippen molar-refractivity contribution in [3.63, 3.8) is 0 Å². The molecule has 0 saturated carbocycles. The van der Waals surface area contributed by atoms with Crippen LogP contribution in [0.3, 0.4) is 0 Å². The van der Waals surface area contributed by atoms with Crippen LogP contribution in [0.25, 0.3) is 0 Å². The lowest BCUT2D eigenvalue weighted by Crippen LogP contribution is -2.10. The number of para-hydroxylation sites is 1. The standard InChI is InChI=1S/C15H17N3O3/c1-11(2)21-15-13(7-5-9-16-15)17-10-12-6-3-4-8-14(12)18(19)20/h3-9,11,17H,10H2,1-2H3. The van der Waals surface area contributed by atoms with Gasteiger partial charge in [0.2, 0.25) is 5.88 Å². The van der Waals surface area contributed by atoms with Crippen LogP contribution in [-0.4, -0.2) is 16.0 Å². The van der Waals surface area contributed by atoms with E-state index in [1.807, 2.05) is 19.9 Å². The molecule has 2 rings (SSSR count). The second kappa shape index (κ2) is 6.69. The molecule has 2 aromatic rings. The first kappa shape index (κ1) is 14.8. The van der Waals surface area contributed by atoms with Gasteiger partial charge in [0.05, 0.1) is 16.7 Å². The van der Waals surface area contributed by atoms with Crippen LogP contribution in [0.4, 0.5) is 11.4 Å². The Kier molecular flexibility index (Phi) is 4.71. The molecule has 1 N–H and O–H groups in total. The first-order valence-electron chi connectivity index (χ1n) is 6.65. The van der Waals surface area contributed by atoms with Gasteiger partial charge in [-0.3, -0.25) is 10.1 Å². The minimum absolute atomic E-state index is 0.00603. The Bertz CT molecular complexity index is 629. The molecule has 0 atom stereocenters. The van der Waals surface area contributed by atoms with Gasteiger partial charge >= 0.3 is 0 Å². The zero-order chi connectivity index (χ0) is 15.2. The third kappa shape index (κ3) is 3.92. The third-order valence-corrected chi connectivity index (χ3v) is 2.78. The Morgan fingerprint density at radius 3 is 2.76 bits per heavy atom. The summed E-state index contributed by atoms with van der Waals surface area (Å²) in [5, 5.41) is 14.1. The number of nitro benzene ring substituents is 1. The number of pyridine rings is 1. The number of nitrogens with one attached hydrogen (secondary N) is 1. The molecular formula is C15H17N3O3. The van der Waals surface area contributed by atoms with E-state index in [1.165, 1.54) is 6.07 Å². The van der Waals surface area contributed by atoms with Gasteiger partial charge in [0, 0.05) is 24.4 Å². The molecule has 0 bridgehead atoms. The number of nitro groups is 1. The summed E-state index contributed by atoms with van der Waals surface area (Å²) in [5.41, 5.74) is 1.42. The highest BCUT2D eigenvalue weighted by Gasteiger charge is 2.13. The van der Waals surface area contributed by atoms with Crippen LogP contribution < -0.4 is 10.1 Å². The van der Waals surface area contributed by atoms with Crippen molar-refractivity contribution in [1.82, 2.24) is 4.98 Å². The van der Waals surface area contributed by atoms with E-state index in [9.17, 15) is 10.1 Å². The van der Waals surface area contributed by atoms with Crippen LogP contribution >= 0.6 is 0 Å². The van der Waals surface area contributed by atoms with Gasteiger partial charge in [-0.2, -0.15) is 0 Å². The zero-order valence-electron chi connectivity index (χ0n) is 11.9. The molecule has 6 nitrogen and oxygen atoms in total. The van der Waals surface area contributed by atoms with E-state index < -0.39 is 0 Å². The number of benzene rings is 1. The first-order valence-corrected chi connectivity index (χ1v) is 6.65. The van der Waals surface area contributed by atoms with Gasteiger partial charge < -0.3 is 10.1 Å². The SMILES string of the molecule is CC(C)Oc1ncccc1NCc1ccccc1[N+](=O)[O-]. The summed E-state index contributed by atoms with van der Waals surface area (Å²) < 4.78 is 5.60. The van der Waals surface area contributed by atoms with Gasteiger partial charge in [-0.15, -0.1) is 0 Å². The molecule has 0 aliphatic rings. The van der Waals surface area contributed by atoms with Gasteiger partial charge in [0.25, 0.3) is 5.69 Å². The number of hydrogen-bond donors (Lipinski definition) is 1. The number of rotatable bonds is 6. The molecule has 0 amide bonds. The Morgan fingerprint density at radius 1 is 1.29 bits per heavy atom. The quantitative estimate of drug-likeness (QED) is 0.651. The van der Waals surface area contributed by atoms with Crippen molar-refractivity contribution in [2.45, 2.75) is 26.5 Å². The van der Waals surface area contributed by atoms with E-state index >= 15 is 0 Å². The summed E-state index contributed by atoms with van der Waals surface area (Å²) >= 11 is 0. The molecule has 0 aliphatic heterocycles. The molecule has 0 aliphatic carbocycles. The third-order valence-electron chi connectivity index (χ3n) is 2.78. The smallest absolute Gasteiger partial charge is 0.274 e. The van der Waals surface area contributed by atoms with Crippen LogP contribution in [0.15, 0.2) is 42.6 Å². The minimum atomic E-state index is -0.383. The topological polar surface area (TPSA) is 77.3 Å². The molecule has 0 fully saturated rings. The maximum atomic E-state index is 11.0. The summed E-state index contributed by atoms with van der Waals surface area (Å²) in [6.45, 7) is 4.16. The highest BCUT2D eigenvalue weighted by Crippen LogP contribution is 2.24. The summed E-state index contributed by atoms with van der Waals surface area (Å²) in [4.78, 5) is 14.8. The molecule has 1 aromatic heterocycles. The average molecular weight is 287 g/mol. The van der Waals surface area contributed by atoms with Crippen LogP contribution in [0.2, 0.25) is 0 Å². The van der Waals surface area contributed by atoms with E-state index in [0.717, 1.165) is 0 Å². The number of anilines is 1. The molecule has 1 aromatic carbocycles. The second-order valence-corrected chi connectivity index (χ2v) is 4.76. The number of hydrogen-bond acceptors (Lipinski definition) is 5. The highest BCUT2D eigenvalue weighted by molar-refractivity contribution is 5.53. The Labute approximate surface area is 122 Å². The van der Waals surface area contributed by atoms with Gasteiger partial charge in [-0.05, 0) is 26.0 Å². The lowest BCUT2D eigenvalue weighted by atomic mass is 10.2. The number of aromatic nitrogens is 1. The lowest BCUT2D eigenvalue weighted by molar-refractivity contribution is -0.385. The van der Waals surface area contributed by atoms with Crippen molar-refractivity contribution < 1.29 is 9.66 Å². The molecule has 110 valence electrons. The predicted molar refractivity (Wildman–Crippen MR) is 80.4 cm³/mol. The number of ether oxygens (including phenoxy) is 1. The second-order valence-electron chi connectivity index (χ2n) is 4.76. The monoisotopic (exact) mass is 287 g/mol. The Balaban J connectivity index is 2.15. The predicted octanol–water partition coefficient (Wildman–Crippen LogP) is 3.39. The normalized spacial score (nSPS) is 10.4. The molecule has 0 unspecified atom stereocenters. The fourth-order valence-corrected chi connectivity index (χ4v) is 1.87. The highest BCUT2D eigenvalue weighted by atomic mass is 16.6. The fourth-order valence-electron chi connectivity index (χ4n) is 1.87. The van der Waals surface area contributed by atoms with Gasteiger partial charge in [0.1, 0.15) is 0 Å². The molecule has 21 heavy (non-hydrogen) atoms. The number of nitrogens with zero attached hydrogens (tertiary/aromatic N) is 2. The van der Waals surface area contributed by atoms with Crippen molar-refractivity contribution >= 4 is 11.4 Å². The van der Waals surface area contributed by atoms with Gasteiger partial charge in [0.15, 0.2) is 0 Å². The average Bonchev–Trinajstić information content (AvgIpc) is 2.46. The van der Waals surface area contributed by atoms with Crippen molar-refractivity contribution in [1.29, 1.82) is 0 Å². The van der Waals surface area contributed by atoms with E-state index in [0.29, 0.717) is 23.7 Å². The molecule has 6 heteroatoms. The summed E-state index contributed by atoms with van der Waals surface area (Å²) in [6, 6.07) is 10.3. The first-order chi connectivity index (χ1) is 10.1.